The zero-order valence-corrected chi connectivity index (χ0v) is 16.6. The molecule has 6 nitrogen and oxygen atoms in total. The number of pyridine rings is 1. The molecule has 1 amide bonds. The normalized spacial score (nSPS) is 11.4. The molecule has 7 heteroatoms. The minimum absolute atomic E-state index is 0.233. The Balaban J connectivity index is 1.84. The molecule has 0 saturated heterocycles. The second-order valence-electron chi connectivity index (χ2n) is 6.56. The van der Waals surface area contributed by atoms with Gasteiger partial charge in [-0.2, -0.15) is 4.98 Å². The van der Waals surface area contributed by atoms with Gasteiger partial charge in [-0.05, 0) is 45.0 Å². The Morgan fingerprint density at radius 3 is 2.54 bits per heavy atom. The summed E-state index contributed by atoms with van der Waals surface area (Å²) in [5.74, 6) is 0.654. The van der Waals surface area contributed by atoms with Crippen molar-refractivity contribution in [2.75, 3.05) is 0 Å². The summed E-state index contributed by atoms with van der Waals surface area (Å²) >= 11 is 3.46. The molecule has 0 bridgehead atoms. The molecule has 0 aliphatic rings. The van der Waals surface area contributed by atoms with E-state index in [4.69, 9.17) is 4.52 Å². The van der Waals surface area contributed by atoms with Gasteiger partial charge in [0, 0.05) is 17.0 Å². The molecule has 1 N–H and O–H groups in total. The summed E-state index contributed by atoms with van der Waals surface area (Å²) < 4.78 is 5.99. The van der Waals surface area contributed by atoms with Crippen molar-refractivity contribution in [2.45, 2.75) is 33.2 Å². The highest BCUT2D eigenvalue weighted by Gasteiger charge is 2.29. The Bertz CT molecular complexity index is 966. The minimum Gasteiger partial charge on any atom is -0.340 e. The van der Waals surface area contributed by atoms with Gasteiger partial charge in [-0.1, -0.05) is 33.2 Å². The van der Waals surface area contributed by atoms with Crippen molar-refractivity contribution in [3.05, 3.63) is 63.8 Å². The van der Waals surface area contributed by atoms with Gasteiger partial charge in [-0.25, -0.2) is 0 Å². The van der Waals surface area contributed by atoms with Gasteiger partial charge >= 0.3 is 0 Å². The number of aromatic nitrogens is 3. The second kappa shape index (κ2) is 6.99. The van der Waals surface area contributed by atoms with Gasteiger partial charge in [0.25, 0.3) is 5.91 Å². The van der Waals surface area contributed by atoms with Crippen molar-refractivity contribution in [1.82, 2.24) is 20.4 Å². The van der Waals surface area contributed by atoms with Crippen molar-refractivity contribution in [3.63, 3.8) is 0 Å². The zero-order valence-electron chi connectivity index (χ0n) is 15.0. The fourth-order valence-electron chi connectivity index (χ4n) is 2.57. The maximum Gasteiger partial charge on any atom is 0.253 e. The van der Waals surface area contributed by atoms with Crippen LogP contribution in [0.1, 0.15) is 41.6 Å². The van der Waals surface area contributed by atoms with E-state index in [0.717, 1.165) is 15.7 Å². The van der Waals surface area contributed by atoms with Crippen LogP contribution in [0.15, 0.2) is 45.4 Å². The molecule has 0 aliphatic heterocycles. The summed E-state index contributed by atoms with van der Waals surface area (Å²) in [7, 11) is 0. The SMILES string of the molecule is Cc1nc(C(C)(C)NC(=O)c2ccc(-c3cccc(Br)c3)nc2C)no1. The maximum atomic E-state index is 12.7. The van der Waals surface area contributed by atoms with Gasteiger partial charge < -0.3 is 9.84 Å². The topological polar surface area (TPSA) is 80.9 Å². The maximum absolute atomic E-state index is 12.7. The van der Waals surface area contributed by atoms with E-state index in [1.165, 1.54) is 0 Å². The molecule has 0 fully saturated rings. The highest BCUT2D eigenvalue weighted by Crippen LogP contribution is 2.23. The summed E-state index contributed by atoms with van der Waals surface area (Å²) in [5.41, 5.74) is 2.20. The monoisotopic (exact) mass is 414 g/mol. The highest BCUT2D eigenvalue weighted by molar-refractivity contribution is 9.10. The number of halogens is 1. The Hall–Kier alpha value is -2.54. The predicted octanol–water partition coefficient (Wildman–Crippen LogP) is 4.18. The summed E-state index contributed by atoms with van der Waals surface area (Å²) in [6.07, 6.45) is 0. The molecule has 2 heterocycles. The molecule has 134 valence electrons. The van der Waals surface area contributed by atoms with Crippen molar-refractivity contribution in [1.29, 1.82) is 0 Å². The Morgan fingerprint density at radius 2 is 1.92 bits per heavy atom. The number of carbonyl (C=O) groups is 1. The molecular formula is C19H19BrN4O2. The standard InChI is InChI=1S/C19H19BrN4O2/c1-11-15(8-9-16(21-11)13-6-5-7-14(20)10-13)17(25)23-19(3,4)18-22-12(2)26-24-18/h5-10H,1-4H3,(H,23,25). The lowest BCUT2D eigenvalue weighted by atomic mass is 10.0. The lowest BCUT2D eigenvalue weighted by molar-refractivity contribution is 0.0906. The third kappa shape index (κ3) is 3.83. The highest BCUT2D eigenvalue weighted by atomic mass is 79.9. The average Bonchev–Trinajstić information content (AvgIpc) is 3.01. The van der Waals surface area contributed by atoms with E-state index in [-0.39, 0.29) is 5.91 Å². The third-order valence-electron chi connectivity index (χ3n) is 3.96. The first kappa shape index (κ1) is 18.3. The van der Waals surface area contributed by atoms with Crippen LogP contribution in [0, 0.1) is 13.8 Å². The molecule has 0 unspecified atom stereocenters. The summed E-state index contributed by atoms with van der Waals surface area (Å²) in [4.78, 5) is 21.5. The molecular weight excluding hydrogens is 396 g/mol. The number of hydrogen-bond acceptors (Lipinski definition) is 5. The predicted molar refractivity (Wildman–Crippen MR) is 102 cm³/mol. The van der Waals surface area contributed by atoms with E-state index in [0.29, 0.717) is 23.0 Å². The van der Waals surface area contributed by atoms with Crippen LogP contribution in [0.25, 0.3) is 11.3 Å². The number of nitrogens with one attached hydrogen (secondary N) is 1. The number of carbonyl (C=O) groups excluding carboxylic acids is 1. The van der Waals surface area contributed by atoms with E-state index >= 15 is 0 Å². The van der Waals surface area contributed by atoms with Crippen molar-refractivity contribution >= 4 is 21.8 Å². The number of nitrogens with zero attached hydrogens (tertiary/aromatic N) is 3. The molecule has 26 heavy (non-hydrogen) atoms. The number of hydrogen-bond donors (Lipinski definition) is 1. The Kier molecular flexibility index (Phi) is 4.91. The Labute approximate surface area is 160 Å². The van der Waals surface area contributed by atoms with Gasteiger partial charge in [-0.15, -0.1) is 0 Å². The minimum atomic E-state index is -0.760. The van der Waals surface area contributed by atoms with Gasteiger partial charge in [0.15, 0.2) is 5.82 Å². The molecule has 0 saturated carbocycles. The first-order valence-electron chi connectivity index (χ1n) is 8.13. The average molecular weight is 415 g/mol. The van der Waals surface area contributed by atoms with E-state index in [2.05, 4.69) is 36.4 Å². The second-order valence-corrected chi connectivity index (χ2v) is 7.47. The van der Waals surface area contributed by atoms with Crippen molar-refractivity contribution < 1.29 is 9.32 Å². The zero-order chi connectivity index (χ0) is 18.9. The first-order chi connectivity index (χ1) is 12.3. The fourth-order valence-corrected chi connectivity index (χ4v) is 2.97. The van der Waals surface area contributed by atoms with Crippen LogP contribution in [0.3, 0.4) is 0 Å². The van der Waals surface area contributed by atoms with Crippen LogP contribution in [0.2, 0.25) is 0 Å². The molecule has 3 rings (SSSR count). The molecule has 2 aromatic heterocycles. The van der Waals surface area contributed by atoms with Crippen LogP contribution in [-0.4, -0.2) is 21.0 Å². The first-order valence-corrected chi connectivity index (χ1v) is 8.92. The van der Waals surface area contributed by atoms with Crippen molar-refractivity contribution in [3.8, 4) is 11.3 Å². The van der Waals surface area contributed by atoms with Gasteiger partial charge in [0.2, 0.25) is 5.89 Å². The lowest BCUT2D eigenvalue weighted by Gasteiger charge is -2.22. The van der Waals surface area contributed by atoms with E-state index in [1.54, 1.807) is 13.0 Å². The van der Waals surface area contributed by atoms with Crippen LogP contribution in [0.4, 0.5) is 0 Å². The molecule has 0 radical (unpaired) electrons. The number of amides is 1. The van der Waals surface area contributed by atoms with Gasteiger partial charge in [-0.3, -0.25) is 9.78 Å². The lowest BCUT2D eigenvalue weighted by Crippen LogP contribution is -2.42. The molecule has 0 aliphatic carbocycles. The van der Waals surface area contributed by atoms with Crippen LogP contribution < -0.4 is 5.32 Å². The van der Waals surface area contributed by atoms with E-state index in [9.17, 15) is 4.79 Å². The summed E-state index contributed by atoms with van der Waals surface area (Å²) in [6, 6.07) is 11.5. The number of benzene rings is 1. The molecule has 3 aromatic rings. The molecule has 0 spiro atoms. The number of rotatable bonds is 4. The molecule has 1 aromatic carbocycles. The van der Waals surface area contributed by atoms with Crippen LogP contribution >= 0.6 is 15.9 Å². The Morgan fingerprint density at radius 1 is 1.15 bits per heavy atom. The number of aryl methyl sites for hydroxylation is 2. The molecule has 0 atom stereocenters. The fraction of sp³-hybridized carbons (Fsp3) is 0.263. The third-order valence-corrected chi connectivity index (χ3v) is 4.46. The quantitative estimate of drug-likeness (QED) is 0.692. The van der Waals surface area contributed by atoms with Gasteiger partial charge in [0.1, 0.15) is 0 Å². The van der Waals surface area contributed by atoms with Gasteiger partial charge in [0.05, 0.1) is 22.5 Å². The largest absolute Gasteiger partial charge is 0.340 e. The van der Waals surface area contributed by atoms with Crippen LogP contribution in [-0.2, 0) is 5.54 Å². The van der Waals surface area contributed by atoms with E-state index < -0.39 is 5.54 Å². The van der Waals surface area contributed by atoms with E-state index in [1.807, 2.05) is 51.1 Å². The van der Waals surface area contributed by atoms with Crippen molar-refractivity contribution in [2.24, 2.45) is 0 Å². The summed E-state index contributed by atoms with van der Waals surface area (Å²) in [5, 5.41) is 6.84. The summed E-state index contributed by atoms with van der Waals surface area (Å²) in [6.45, 7) is 7.19. The smallest absolute Gasteiger partial charge is 0.253 e. The van der Waals surface area contributed by atoms with Crippen LogP contribution in [0.5, 0.6) is 0 Å².